The van der Waals surface area contributed by atoms with Gasteiger partial charge >= 0.3 is 12.1 Å². The van der Waals surface area contributed by atoms with Crippen molar-refractivity contribution in [3.8, 4) is 0 Å². The SMILES string of the molecule is CC(C(=O)OCc1cccc(C(F)(F)F)c1)C(O)c1cccnc1. The van der Waals surface area contributed by atoms with Crippen LogP contribution in [0.15, 0.2) is 48.8 Å². The molecule has 0 saturated carbocycles. The second-order valence-electron chi connectivity index (χ2n) is 5.33. The molecule has 0 aliphatic rings. The van der Waals surface area contributed by atoms with Gasteiger partial charge in [-0.25, -0.2) is 0 Å². The monoisotopic (exact) mass is 339 g/mol. The third kappa shape index (κ3) is 4.55. The predicted octanol–water partition coefficient (Wildman–Crippen LogP) is 3.51. The molecule has 2 atom stereocenters. The van der Waals surface area contributed by atoms with E-state index in [-0.39, 0.29) is 12.2 Å². The fourth-order valence-electron chi connectivity index (χ4n) is 2.09. The number of ether oxygens (including phenoxy) is 1. The summed E-state index contributed by atoms with van der Waals surface area (Å²) >= 11 is 0. The minimum atomic E-state index is -4.45. The van der Waals surface area contributed by atoms with E-state index in [0.29, 0.717) is 5.56 Å². The summed E-state index contributed by atoms with van der Waals surface area (Å²) in [7, 11) is 0. The molecule has 0 saturated heterocycles. The number of carbonyl (C=O) groups excluding carboxylic acids is 1. The van der Waals surface area contributed by atoms with Crippen LogP contribution in [0.1, 0.15) is 29.7 Å². The first-order chi connectivity index (χ1) is 11.3. The van der Waals surface area contributed by atoms with E-state index in [4.69, 9.17) is 4.74 Å². The molecule has 1 heterocycles. The maximum Gasteiger partial charge on any atom is 0.416 e. The molecule has 0 bridgehead atoms. The van der Waals surface area contributed by atoms with E-state index in [0.717, 1.165) is 12.1 Å². The van der Waals surface area contributed by atoms with E-state index < -0.39 is 29.7 Å². The van der Waals surface area contributed by atoms with E-state index >= 15 is 0 Å². The van der Waals surface area contributed by atoms with Crippen LogP contribution in [0.4, 0.5) is 13.2 Å². The maximum absolute atomic E-state index is 12.6. The molecule has 0 fully saturated rings. The summed E-state index contributed by atoms with van der Waals surface area (Å²) in [6.07, 6.45) is -2.59. The van der Waals surface area contributed by atoms with Gasteiger partial charge in [-0.2, -0.15) is 13.2 Å². The fraction of sp³-hybridized carbons (Fsp3) is 0.294. The first-order valence-electron chi connectivity index (χ1n) is 7.20. The number of rotatable bonds is 5. The molecule has 2 aromatic rings. The minimum absolute atomic E-state index is 0.223. The molecule has 0 radical (unpaired) electrons. The molecule has 128 valence electrons. The summed E-state index contributed by atoms with van der Waals surface area (Å²) in [5, 5.41) is 10.1. The van der Waals surface area contributed by atoms with Crippen LogP contribution in [-0.2, 0) is 22.3 Å². The summed E-state index contributed by atoms with van der Waals surface area (Å²) in [6, 6.07) is 7.80. The molecule has 4 nitrogen and oxygen atoms in total. The quantitative estimate of drug-likeness (QED) is 0.847. The van der Waals surface area contributed by atoms with Crippen molar-refractivity contribution in [2.75, 3.05) is 0 Å². The summed E-state index contributed by atoms with van der Waals surface area (Å²) < 4.78 is 42.9. The molecule has 2 rings (SSSR count). The number of carbonyl (C=O) groups is 1. The highest BCUT2D eigenvalue weighted by Crippen LogP contribution is 2.30. The number of hydrogen-bond donors (Lipinski definition) is 1. The van der Waals surface area contributed by atoms with Crippen molar-refractivity contribution in [2.24, 2.45) is 5.92 Å². The Kier molecular flexibility index (Phi) is 5.56. The van der Waals surface area contributed by atoms with E-state index in [1.165, 1.54) is 31.5 Å². The van der Waals surface area contributed by atoms with E-state index in [1.807, 2.05) is 0 Å². The zero-order valence-electron chi connectivity index (χ0n) is 12.8. The Morgan fingerprint density at radius 1 is 1.29 bits per heavy atom. The van der Waals surface area contributed by atoms with E-state index in [9.17, 15) is 23.1 Å². The summed E-state index contributed by atoms with van der Waals surface area (Å²) in [5.74, 6) is -1.58. The van der Waals surface area contributed by atoms with Gasteiger partial charge in [-0.3, -0.25) is 9.78 Å². The van der Waals surface area contributed by atoms with Gasteiger partial charge in [-0.1, -0.05) is 18.2 Å². The van der Waals surface area contributed by atoms with Gasteiger partial charge in [0.1, 0.15) is 6.61 Å². The van der Waals surface area contributed by atoms with Crippen LogP contribution in [-0.4, -0.2) is 16.1 Å². The standard InChI is InChI=1S/C17H16F3NO3/c1-11(15(22)13-5-3-7-21-9-13)16(23)24-10-12-4-2-6-14(8-12)17(18,19)20/h2-9,11,15,22H,10H2,1H3. The Morgan fingerprint density at radius 3 is 2.67 bits per heavy atom. The highest BCUT2D eigenvalue weighted by atomic mass is 19.4. The van der Waals surface area contributed by atoms with Crippen LogP contribution in [0.2, 0.25) is 0 Å². The van der Waals surface area contributed by atoms with Crippen LogP contribution in [0.25, 0.3) is 0 Å². The van der Waals surface area contributed by atoms with Crippen molar-refractivity contribution in [2.45, 2.75) is 25.8 Å². The highest BCUT2D eigenvalue weighted by Gasteiger charge is 2.30. The zero-order valence-corrected chi connectivity index (χ0v) is 12.8. The van der Waals surface area contributed by atoms with E-state index in [1.54, 1.807) is 12.1 Å². The lowest BCUT2D eigenvalue weighted by Gasteiger charge is -2.18. The number of aliphatic hydroxyl groups is 1. The van der Waals surface area contributed by atoms with Crippen molar-refractivity contribution in [3.63, 3.8) is 0 Å². The van der Waals surface area contributed by atoms with Crippen molar-refractivity contribution in [1.29, 1.82) is 0 Å². The topological polar surface area (TPSA) is 59.4 Å². The molecule has 0 aliphatic carbocycles. The fourth-order valence-corrected chi connectivity index (χ4v) is 2.09. The van der Waals surface area contributed by atoms with Gasteiger partial charge in [-0.05, 0) is 36.2 Å². The normalized spacial score (nSPS) is 14.0. The molecule has 1 aromatic carbocycles. The number of nitrogens with zero attached hydrogens (tertiary/aromatic N) is 1. The Hall–Kier alpha value is -2.41. The minimum Gasteiger partial charge on any atom is -0.461 e. The molecule has 0 spiro atoms. The average molecular weight is 339 g/mol. The lowest BCUT2D eigenvalue weighted by atomic mass is 9.99. The number of hydrogen-bond acceptors (Lipinski definition) is 4. The Bertz CT molecular complexity index is 689. The van der Waals surface area contributed by atoms with Gasteiger partial charge in [0.25, 0.3) is 0 Å². The van der Waals surface area contributed by atoms with Gasteiger partial charge in [0.2, 0.25) is 0 Å². The smallest absolute Gasteiger partial charge is 0.416 e. The molecule has 24 heavy (non-hydrogen) atoms. The molecular formula is C17H16F3NO3. The Morgan fingerprint density at radius 2 is 2.04 bits per heavy atom. The molecular weight excluding hydrogens is 323 g/mol. The lowest BCUT2D eigenvalue weighted by Crippen LogP contribution is -2.22. The largest absolute Gasteiger partial charge is 0.461 e. The summed E-state index contributed by atoms with van der Waals surface area (Å²) in [4.78, 5) is 15.8. The first-order valence-corrected chi connectivity index (χ1v) is 7.20. The predicted molar refractivity (Wildman–Crippen MR) is 79.6 cm³/mol. The molecule has 7 heteroatoms. The van der Waals surface area contributed by atoms with Crippen molar-refractivity contribution < 1.29 is 27.8 Å². The Balaban J connectivity index is 1.98. The molecule has 0 amide bonds. The highest BCUT2D eigenvalue weighted by molar-refractivity contribution is 5.73. The van der Waals surface area contributed by atoms with Crippen LogP contribution >= 0.6 is 0 Å². The lowest BCUT2D eigenvalue weighted by molar-refractivity contribution is -0.153. The van der Waals surface area contributed by atoms with Gasteiger partial charge in [0, 0.05) is 12.4 Å². The van der Waals surface area contributed by atoms with Gasteiger partial charge in [0.15, 0.2) is 0 Å². The number of aliphatic hydroxyl groups excluding tert-OH is 1. The molecule has 2 unspecified atom stereocenters. The second-order valence-corrected chi connectivity index (χ2v) is 5.33. The van der Waals surface area contributed by atoms with E-state index in [2.05, 4.69) is 4.98 Å². The van der Waals surface area contributed by atoms with Crippen LogP contribution < -0.4 is 0 Å². The number of pyridine rings is 1. The van der Waals surface area contributed by atoms with Crippen LogP contribution in [0.5, 0.6) is 0 Å². The van der Waals surface area contributed by atoms with Crippen LogP contribution in [0, 0.1) is 5.92 Å². The molecule has 1 N–H and O–H groups in total. The van der Waals surface area contributed by atoms with Crippen molar-refractivity contribution in [1.82, 2.24) is 4.98 Å². The maximum atomic E-state index is 12.6. The molecule has 1 aromatic heterocycles. The summed E-state index contributed by atoms with van der Waals surface area (Å²) in [5.41, 5.74) is -0.123. The average Bonchev–Trinajstić information content (AvgIpc) is 2.58. The molecule has 0 aliphatic heterocycles. The number of benzene rings is 1. The van der Waals surface area contributed by atoms with Gasteiger partial charge < -0.3 is 9.84 Å². The third-order valence-electron chi connectivity index (χ3n) is 3.51. The number of halogens is 3. The second kappa shape index (κ2) is 7.44. The van der Waals surface area contributed by atoms with Crippen molar-refractivity contribution in [3.05, 3.63) is 65.5 Å². The third-order valence-corrected chi connectivity index (χ3v) is 3.51. The zero-order chi connectivity index (χ0) is 17.7. The van der Waals surface area contributed by atoms with Gasteiger partial charge in [-0.15, -0.1) is 0 Å². The number of esters is 1. The summed E-state index contributed by atoms with van der Waals surface area (Å²) in [6.45, 7) is 1.18. The van der Waals surface area contributed by atoms with Crippen LogP contribution in [0.3, 0.4) is 0 Å². The van der Waals surface area contributed by atoms with Gasteiger partial charge in [0.05, 0.1) is 17.6 Å². The number of alkyl halides is 3. The Labute approximate surface area is 136 Å². The number of aromatic nitrogens is 1. The first kappa shape index (κ1) is 17.9. The van der Waals surface area contributed by atoms with Crippen molar-refractivity contribution >= 4 is 5.97 Å².